The van der Waals surface area contributed by atoms with E-state index in [9.17, 15) is 0 Å². The molecule has 0 bridgehead atoms. The van der Waals surface area contributed by atoms with E-state index in [1.165, 1.54) is 0 Å². The zero-order valence-corrected chi connectivity index (χ0v) is 13.2. The summed E-state index contributed by atoms with van der Waals surface area (Å²) in [5, 5.41) is 7.58. The SMILES string of the molecule is CCCC1(c2nc(CCOCCOC)no2)CCCNC1. The maximum absolute atomic E-state index is 5.56. The van der Waals surface area contributed by atoms with Crippen molar-refractivity contribution in [2.45, 2.75) is 44.4 Å². The van der Waals surface area contributed by atoms with Crippen LogP contribution < -0.4 is 5.32 Å². The summed E-state index contributed by atoms with van der Waals surface area (Å²) in [5.41, 5.74) is 0.0230. The van der Waals surface area contributed by atoms with Crippen LogP contribution in [0.1, 0.15) is 44.3 Å². The third-order valence-electron chi connectivity index (χ3n) is 4.02. The van der Waals surface area contributed by atoms with E-state index in [1.54, 1.807) is 7.11 Å². The fourth-order valence-electron chi connectivity index (χ4n) is 2.93. The average Bonchev–Trinajstić information content (AvgIpc) is 2.98. The Balaban J connectivity index is 1.90. The summed E-state index contributed by atoms with van der Waals surface area (Å²) in [5.74, 6) is 1.53. The van der Waals surface area contributed by atoms with Crippen LogP contribution in [-0.2, 0) is 21.3 Å². The number of rotatable bonds is 9. The average molecular weight is 297 g/mol. The Labute approximate surface area is 126 Å². The van der Waals surface area contributed by atoms with E-state index in [0.29, 0.717) is 26.2 Å². The zero-order chi connectivity index (χ0) is 15.0. The zero-order valence-electron chi connectivity index (χ0n) is 13.2. The molecule has 1 aliphatic heterocycles. The van der Waals surface area contributed by atoms with E-state index < -0.39 is 0 Å². The predicted molar refractivity (Wildman–Crippen MR) is 79.4 cm³/mol. The fourth-order valence-corrected chi connectivity index (χ4v) is 2.93. The number of nitrogens with one attached hydrogen (secondary N) is 1. The number of hydrogen-bond acceptors (Lipinski definition) is 6. The van der Waals surface area contributed by atoms with Gasteiger partial charge in [-0.05, 0) is 25.8 Å². The molecule has 1 fully saturated rings. The molecule has 2 rings (SSSR count). The van der Waals surface area contributed by atoms with E-state index in [1.807, 2.05) is 0 Å². The van der Waals surface area contributed by atoms with Crippen LogP contribution in [0.15, 0.2) is 4.52 Å². The highest BCUT2D eigenvalue weighted by atomic mass is 16.5. The molecule has 1 unspecified atom stereocenters. The van der Waals surface area contributed by atoms with Gasteiger partial charge in [0.1, 0.15) is 0 Å². The van der Waals surface area contributed by atoms with Gasteiger partial charge in [0.05, 0.1) is 25.2 Å². The van der Waals surface area contributed by atoms with E-state index in [4.69, 9.17) is 14.0 Å². The van der Waals surface area contributed by atoms with Crippen molar-refractivity contribution in [2.24, 2.45) is 0 Å². The maximum atomic E-state index is 5.56. The molecule has 1 aromatic heterocycles. The van der Waals surface area contributed by atoms with Crippen molar-refractivity contribution in [2.75, 3.05) is 40.0 Å². The maximum Gasteiger partial charge on any atom is 0.234 e. The predicted octanol–water partition coefficient (Wildman–Crippen LogP) is 1.70. The number of aromatic nitrogens is 2. The lowest BCUT2D eigenvalue weighted by molar-refractivity contribution is 0.0714. The van der Waals surface area contributed by atoms with E-state index in [0.717, 1.165) is 50.5 Å². The molecule has 1 saturated heterocycles. The van der Waals surface area contributed by atoms with Gasteiger partial charge in [-0.15, -0.1) is 0 Å². The van der Waals surface area contributed by atoms with Crippen molar-refractivity contribution in [1.82, 2.24) is 15.5 Å². The highest BCUT2D eigenvalue weighted by Gasteiger charge is 2.38. The third kappa shape index (κ3) is 4.49. The van der Waals surface area contributed by atoms with Crippen LogP contribution in [0.5, 0.6) is 0 Å². The van der Waals surface area contributed by atoms with Crippen LogP contribution in [0.3, 0.4) is 0 Å². The van der Waals surface area contributed by atoms with Gasteiger partial charge in [-0.1, -0.05) is 18.5 Å². The molecule has 0 spiro atoms. The molecule has 0 amide bonds. The minimum absolute atomic E-state index is 0.0230. The summed E-state index contributed by atoms with van der Waals surface area (Å²) in [6.07, 6.45) is 5.19. The minimum Gasteiger partial charge on any atom is -0.382 e. The molecule has 21 heavy (non-hydrogen) atoms. The standard InChI is InChI=1S/C15H27N3O3/c1-3-6-15(7-4-8-16-12-15)14-17-13(18-21-14)5-9-20-11-10-19-2/h16H,3-12H2,1-2H3. The Morgan fingerprint density at radius 3 is 2.95 bits per heavy atom. The monoisotopic (exact) mass is 297 g/mol. The molecule has 2 heterocycles. The normalized spacial score (nSPS) is 22.6. The largest absolute Gasteiger partial charge is 0.382 e. The van der Waals surface area contributed by atoms with Gasteiger partial charge in [-0.3, -0.25) is 0 Å². The molecule has 6 heteroatoms. The first-order valence-electron chi connectivity index (χ1n) is 7.91. The van der Waals surface area contributed by atoms with Gasteiger partial charge >= 0.3 is 0 Å². The number of ether oxygens (including phenoxy) is 2. The van der Waals surface area contributed by atoms with E-state index in [-0.39, 0.29) is 5.41 Å². The Morgan fingerprint density at radius 2 is 2.24 bits per heavy atom. The Hall–Kier alpha value is -0.980. The van der Waals surface area contributed by atoms with Crippen molar-refractivity contribution in [1.29, 1.82) is 0 Å². The van der Waals surface area contributed by atoms with Crippen molar-refractivity contribution in [3.63, 3.8) is 0 Å². The highest BCUT2D eigenvalue weighted by Crippen LogP contribution is 2.34. The van der Waals surface area contributed by atoms with Crippen LogP contribution >= 0.6 is 0 Å². The topological polar surface area (TPSA) is 69.4 Å². The first-order valence-corrected chi connectivity index (χ1v) is 7.91. The van der Waals surface area contributed by atoms with Gasteiger partial charge in [-0.2, -0.15) is 4.98 Å². The Kier molecular flexibility index (Phi) is 6.60. The molecule has 0 saturated carbocycles. The third-order valence-corrected chi connectivity index (χ3v) is 4.02. The quantitative estimate of drug-likeness (QED) is 0.700. The minimum atomic E-state index is 0.0230. The second kappa shape index (κ2) is 8.46. The molecule has 0 radical (unpaired) electrons. The molecular formula is C15H27N3O3. The smallest absolute Gasteiger partial charge is 0.234 e. The van der Waals surface area contributed by atoms with Crippen molar-refractivity contribution in [3.8, 4) is 0 Å². The van der Waals surface area contributed by atoms with Gasteiger partial charge in [-0.25, -0.2) is 0 Å². The highest BCUT2D eigenvalue weighted by molar-refractivity contribution is 5.08. The Morgan fingerprint density at radius 1 is 1.33 bits per heavy atom. The molecule has 0 aliphatic carbocycles. The number of hydrogen-bond donors (Lipinski definition) is 1. The lowest BCUT2D eigenvalue weighted by Gasteiger charge is -2.34. The molecule has 120 valence electrons. The molecule has 6 nitrogen and oxygen atoms in total. The molecular weight excluding hydrogens is 270 g/mol. The van der Waals surface area contributed by atoms with Crippen LogP contribution in [0.25, 0.3) is 0 Å². The number of nitrogens with zero attached hydrogens (tertiary/aromatic N) is 2. The molecule has 1 aliphatic rings. The van der Waals surface area contributed by atoms with Crippen LogP contribution in [0.4, 0.5) is 0 Å². The number of piperidine rings is 1. The second-order valence-electron chi connectivity index (χ2n) is 5.68. The van der Waals surface area contributed by atoms with Gasteiger partial charge in [0.2, 0.25) is 5.89 Å². The first kappa shape index (κ1) is 16.4. The lowest BCUT2D eigenvalue weighted by Crippen LogP contribution is -2.43. The molecule has 1 atom stereocenters. The summed E-state index contributed by atoms with van der Waals surface area (Å²) in [7, 11) is 1.67. The van der Waals surface area contributed by atoms with Crippen LogP contribution in [0.2, 0.25) is 0 Å². The number of methoxy groups -OCH3 is 1. The van der Waals surface area contributed by atoms with Gasteiger partial charge < -0.3 is 19.3 Å². The van der Waals surface area contributed by atoms with Gasteiger partial charge in [0.25, 0.3) is 0 Å². The fraction of sp³-hybridized carbons (Fsp3) is 0.867. The van der Waals surface area contributed by atoms with Crippen molar-refractivity contribution >= 4 is 0 Å². The molecule has 1 aromatic rings. The van der Waals surface area contributed by atoms with Gasteiger partial charge in [0, 0.05) is 20.1 Å². The summed E-state index contributed by atoms with van der Waals surface area (Å²) in [6.45, 7) is 6.04. The van der Waals surface area contributed by atoms with E-state index in [2.05, 4.69) is 22.4 Å². The summed E-state index contributed by atoms with van der Waals surface area (Å²) in [4.78, 5) is 4.61. The summed E-state index contributed by atoms with van der Waals surface area (Å²) in [6, 6.07) is 0. The van der Waals surface area contributed by atoms with Gasteiger partial charge in [0.15, 0.2) is 5.82 Å². The van der Waals surface area contributed by atoms with E-state index >= 15 is 0 Å². The van der Waals surface area contributed by atoms with Crippen molar-refractivity contribution < 1.29 is 14.0 Å². The Bertz CT molecular complexity index is 397. The molecule has 1 N–H and O–H groups in total. The second-order valence-corrected chi connectivity index (χ2v) is 5.68. The molecule has 0 aromatic carbocycles. The summed E-state index contributed by atoms with van der Waals surface area (Å²) < 4.78 is 15.9. The van der Waals surface area contributed by atoms with Crippen molar-refractivity contribution in [3.05, 3.63) is 11.7 Å². The van der Waals surface area contributed by atoms with Crippen LogP contribution in [0, 0.1) is 0 Å². The summed E-state index contributed by atoms with van der Waals surface area (Å²) >= 11 is 0. The van der Waals surface area contributed by atoms with Crippen LogP contribution in [-0.4, -0.2) is 50.2 Å². The lowest BCUT2D eigenvalue weighted by atomic mass is 9.77. The first-order chi connectivity index (χ1) is 10.3.